The number of hydrogen-bond acceptors (Lipinski definition) is 11. The summed E-state index contributed by atoms with van der Waals surface area (Å²) in [5.74, 6) is 1.99. The third-order valence-corrected chi connectivity index (χ3v) is 21.2. The zero-order valence-electron chi connectivity index (χ0n) is 65.4. The van der Waals surface area contributed by atoms with E-state index in [9.17, 15) is 20.4 Å². The van der Waals surface area contributed by atoms with Gasteiger partial charge in [-0.05, 0) is 168 Å². The molecule has 0 heterocycles. The third kappa shape index (κ3) is 22.4. The molecule has 0 aromatic heterocycles. The van der Waals surface area contributed by atoms with Gasteiger partial charge in [-0.2, -0.15) is 11.8 Å². The van der Waals surface area contributed by atoms with Gasteiger partial charge in [0.1, 0.15) is 34.5 Å². The predicted octanol–water partition coefficient (Wildman–Crippen LogP) is 22.0. The minimum atomic E-state index is -0.934. The summed E-state index contributed by atoms with van der Waals surface area (Å²) in [7, 11) is 0. The number of aliphatic hydroxyl groups excluding tert-OH is 2. The van der Waals surface area contributed by atoms with Crippen LogP contribution in [0.2, 0.25) is 0 Å². The number of hydrogen-bond donors (Lipinski definition) is 6. The van der Waals surface area contributed by atoms with Crippen molar-refractivity contribution in [3.8, 4) is 34.5 Å². The lowest BCUT2D eigenvalue weighted by Gasteiger charge is -2.34. The van der Waals surface area contributed by atoms with Crippen LogP contribution in [0.25, 0.3) is 0 Å². The standard InChI is InChI=1S/C86H122O8S.C2H6O2/c1-25-26-27-28-29-30-31-32-33-34-43-95-57(4)46-64(62-51-69(83(17,18)19)75(44-55(62)2)93-77(91)53-85(23,58-35-39-71(87)65(47-58)79(5,6)7)59-36-40-72(88)66(48-59)80(8,9)10)63-52-70(84(20,21)22)76(45-56(63)3)94-78(92)54-86(24,60-37-41-73(89)67(49-60)81(11,12)13)61-38-42-74(90)68(50-61)82(14,15)16;3-1-2-4/h35-42,44-45,47-52,57,64,87-90H,25-34,43,46,53-54H2,1-24H3;3-4H,1-2H2. The number of carbonyl (C=O) groups excluding carboxylic acids is 2. The second-order valence-electron chi connectivity index (χ2n) is 34.9. The van der Waals surface area contributed by atoms with E-state index in [1.807, 2.05) is 60.3 Å². The molecule has 6 aromatic carbocycles. The maximum absolute atomic E-state index is 15.1. The predicted molar refractivity (Wildman–Crippen MR) is 415 cm³/mol. The molecule has 0 saturated heterocycles. The number of rotatable bonds is 27. The number of ether oxygens (including phenoxy) is 2. The third-order valence-electron chi connectivity index (χ3n) is 19.9. The van der Waals surface area contributed by atoms with Gasteiger partial charge in [-0.25, -0.2) is 0 Å². The highest BCUT2D eigenvalue weighted by atomic mass is 32.2. The molecule has 6 N–H and O–H groups in total. The van der Waals surface area contributed by atoms with Gasteiger partial charge < -0.3 is 40.1 Å². The number of thioether (sulfide) groups is 1. The topological polar surface area (TPSA) is 174 Å². The van der Waals surface area contributed by atoms with Crippen LogP contribution in [0.1, 0.15) is 320 Å². The molecular weight excluding hydrogens is 1250 g/mol. The number of aromatic hydroxyl groups is 4. The second-order valence-corrected chi connectivity index (χ2v) is 36.4. The van der Waals surface area contributed by atoms with Crippen molar-refractivity contribution in [1.29, 1.82) is 0 Å². The lowest BCUT2D eigenvalue weighted by Crippen LogP contribution is -2.31. The lowest BCUT2D eigenvalue weighted by molar-refractivity contribution is -0.136. The monoisotopic (exact) mass is 1380 g/mol. The summed E-state index contributed by atoms with van der Waals surface area (Å²) in [6.45, 7) is 50.6. The molecule has 10 nitrogen and oxygen atoms in total. The second kappa shape index (κ2) is 34.1. The minimum absolute atomic E-state index is 0.0225. The summed E-state index contributed by atoms with van der Waals surface area (Å²) in [5.41, 5.74) is 8.29. The van der Waals surface area contributed by atoms with Gasteiger partial charge in [0, 0.05) is 33.1 Å². The van der Waals surface area contributed by atoms with Crippen LogP contribution in [-0.4, -0.2) is 66.8 Å². The number of benzene rings is 6. The highest BCUT2D eigenvalue weighted by Crippen LogP contribution is 2.49. The summed E-state index contributed by atoms with van der Waals surface area (Å²) in [5, 5.41) is 60.4. The van der Waals surface area contributed by atoms with Gasteiger partial charge in [-0.15, -0.1) is 0 Å². The molecule has 6 aromatic rings. The molecule has 0 fully saturated rings. The van der Waals surface area contributed by atoms with Gasteiger partial charge in [0.25, 0.3) is 0 Å². The smallest absolute Gasteiger partial charge is 0.312 e. The van der Waals surface area contributed by atoms with Gasteiger partial charge in [0.05, 0.1) is 26.1 Å². The van der Waals surface area contributed by atoms with Crippen LogP contribution >= 0.6 is 11.8 Å². The Kier molecular flexibility index (Phi) is 28.8. The minimum Gasteiger partial charge on any atom is -0.508 e. The highest BCUT2D eigenvalue weighted by molar-refractivity contribution is 7.99. The Morgan fingerprint density at radius 1 is 0.394 bits per heavy atom. The largest absolute Gasteiger partial charge is 0.508 e. The molecular formula is C88H128O10S. The van der Waals surface area contributed by atoms with Crippen molar-refractivity contribution in [2.24, 2.45) is 0 Å². The van der Waals surface area contributed by atoms with Crippen molar-refractivity contribution < 1.29 is 49.7 Å². The molecule has 0 amide bonds. The maximum atomic E-state index is 15.1. The Balaban J connectivity index is 0.00000430. The van der Waals surface area contributed by atoms with Gasteiger partial charge in [0.2, 0.25) is 0 Å². The van der Waals surface area contributed by atoms with Crippen LogP contribution in [0.4, 0.5) is 0 Å². The van der Waals surface area contributed by atoms with E-state index in [2.05, 4.69) is 190 Å². The number of phenolic OH excluding ortho intramolecular Hbond substituents is 4. The van der Waals surface area contributed by atoms with Crippen LogP contribution in [0.3, 0.4) is 0 Å². The van der Waals surface area contributed by atoms with Crippen LogP contribution in [-0.2, 0) is 52.9 Å². The molecule has 0 aliphatic heterocycles. The van der Waals surface area contributed by atoms with E-state index in [-0.39, 0.29) is 81.9 Å². The van der Waals surface area contributed by atoms with Crippen molar-refractivity contribution >= 4 is 23.7 Å². The summed E-state index contributed by atoms with van der Waals surface area (Å²) in [6.07, 6.45) is 13.7. The Hall–Kier alpha value is -6.27. The Morgan fingerprint density at radius 2 is 0.667 bits per heavy atom. The van der Waals surface area contributed by atoms with Crippen molar-refractivity contribution in [2.45, 2.75) is 304 Å². The summed E-state index contributed by atoms with van der Waals surface area (Å²) >= 11 is 2.05. The number of phenols is 4. The van der Waals surface area contributed by atoms with E-state index in [4.69, 9.17) is 19.7 Å². The number of aryl methyl sites for hydroxylation is 2. The van der Waals surface area contributed by atoms with Gasteiger partial charge in [-0.3, -0.25) is 9.59 Å². The first-order chi connectivity index (χ1) is 45.7. The first-order valence-electron chi connectivity index (χ1n) is 36.6. The molecule has 1 atom stereocenters. The molecule has 99 heavy (non-hydrogen) atoms. The van der Waals surface area contributed by atoms with Gasteiger partial charge in [-0.1, -0.05) is 271 Å². The molecule has 11 heteroatoms. The van der Waals surface area contributed by atoms with Crippen LogP contribution in [0.15, 0.2) is 97.1 Å². The van der Waals surface area contributed by atoms with Crippen molar-refractivity contribution in [3.05, 3.63) is 175 Å². The number of aliphatic hydroxyl groups is 2. The van der Waals surface area contributed by atoms with E-state index in [1.165, 1.54) is 64.2 Å². The van der Waals surface area contributed by atoms with Crippen LogP contribution < -0.4 is 9.47 Å². The fraction of sp³-hybridized carbons (Fsp3) is 0.568. The zero-order valence-corrected chi connectivity index (χ0v) is 66.2. The molecule has 0 aliphatic rings. The SMILES string of the molecule is CCCCCCCCCCCCSC(C)CC(c1cc(C(C)(C)C)c(OC(=O)CC(C)(c2ccc(O)c(C(C)(C)C)c2)c2ccc(O)c(C(C)(C)C)c2)cc1C)c1cc(C(C)(C)C)c(OC(=O)CC(C)(c2ccc(O)c(C(C)(C)C)c2)c2ccc(O)c(C(C)(C)C)c2)cc1C.OCCO. The number of unbranched alkanes of at least 4 members (excludes halogenated alkanes) is 9. The van der Waals surface area contributed by atoms with E-state index in [1.54, 1.807) is 24.3 Å². The van der Waals surface area contributed by atoms with E-state index in [0.29, 0.717) is 11.5 Å². The lowest BCUT2D eigenvalue weighted by atomic mass is 9.70. The molecule has 0 bridgehead atoms. The van der Waals surface area contributed by atoms with Crippen LogP contribution in [0.5, 0.6) is 34.5 Å². The first kappa shape index (κ1) is 83.4. The molecule has 0 aliphatic carbocycles. The quantitative estimate of drug-likeness (QED) is 0.0165. The van der Waals surface area contributed by atoms with Gasteiger partial charge in [0.15, 0.2) is 0 Å². The number of carbonyl (C=O) groups is 2. The molecule has 0 spiro atoms. The Bertz CT molecular complexity index is 3310. The first-order valence-corrected chi connectivity index (χ1v) is 37.7. The van der Waals surface area contributed by atoms with Crippen molar-refractivity contribution in [1.82, 2.24) is 0 Å². The fourth-order valence-electron chi connectivity index (χ4n) is 13.7. The molecule has 6 rings (SSSR count). The van der Waals surface area contributed by atoms with Crippen molar-refractivity contribution in [2.75, 3.05) is 19.0 Å². The molecule has 546 valence electrons. The molecule has 1 unspecified atom stereocenters. The summed E-state index contributed by atoms with van der Waals surface area (Å²) in [4.78, 5) is 30.3. The Morgan fingerprint density at radius 3 is 0.929 bits per heavy atom. The Labute approximate surface area is 602 Å². The van der Waals surface area contributed by atoms with E-state index >= 15 is 9.59 Å². The zero-order chi connectivity index (χ0) is 74.6. The average molecular weight is 1380 g/mol. The molecule has 0 radical (unpaired) electrons. The van der Waals surface area contributed by atoms with E-state index < -0.39 is 33.6 Å². The van der Waals surface area contributed by atoms with Crippen molar-refractivity contribution in [3.63, 3.8) is 0 Å². The molecule has 0 saturated carbocycles. The summed E-state index contributed by atoms with van der Waals surface area (Å²) in [6, 6.07) is 31.3. The summed E-state index contributed by atoms with van der Waals surface area (Å²) < 4.78 is 13.5. The maximum Gasteiger partial charge on any atom is 0.312 e. The highest BCUT2D eigenvalue weighted by Gasteiger charge is 2.40. The normalized spacial score (nSPS) is 13.1. The van der Waals surface area contributed by atoms with Gasteiger partial charge >= 0.3 is 11.9 Å². The number of esters is 2. The fourth-order valence-corrected chi connectivity index (χ4v) is 14.8. The van der Waals surface area contributed by atoms with E-state index in [0.717, 1.165) is 90.1 Å². The average Bonchev–Trinajstić information content (AvgIpc) is 0.771. The van der Waals surface area contributed by atoms with Crippen LogP contribution in [0, 0.1) is 13.8 Å².